The Kier molecular flexibility index (Phi) is 5.46. The van der Waals surface area contributed by atoms with Crippen LogP contribution >= 0.6 is 31.9 Å². The van der Waals surface area contributed by atoms with E-state index in [1.54, 1.807) is 6.07 Å². The monoisotopic (exact) mass is 463 g/mol. The zero-order valence-electron chi connectivity index (χ0n) is 12.0. The molecule has 0 unspecified atom stereocenters. The van der Waals surface area contributed by atoms with E-state index in [0.29, 0.717) is 8.95 Å². The highest BCUT2D eigenvalue weighted by Crippen LogP contribution is 2.38. The first-order valence-electron chi connectivity index (χ1n) is 6.23. The van der Waals surface area contributed by atoms with Gasteiger partial charge in [-0.15, -0.1) is 0 Å². The van der Waals surface area contributed by atoms with E-state index in [9.17, 15) is 13.6 Å². The van der Waals surface area contributed by atoms with E-state index >= 15 is 0 Å². The minimum atomic E-state index is -3.09. The minimum absolute atomic E-state index is 0.00628. The number of nitriles is 1. The highest BCUT2D eigenvalue weighted by molar-refractivity contribution is 9.11. The van der Waals surface area contributed by atoms with Gasteiger partial charge in [-0.25, -0.2) is 4.79 Å². The number of carbonyl (C=O) groups is 1. The number of halogens is 4. The highest BCUT2D eigenvalue weighted by Gasteiger charge is 2.26. The Bertz CT molecular complexity index is 847. The Morgan fingerprint density at radius 3 is 2.62 bits per heavy atom. The van der Waals surface area contributed by atoms with Crippen LogP contribution in [0, 0.1) is 11.3 Å². The van der Waals surface area contributed by atoms with Gasteiger partial charge in [0.15, 0.2) is 11.4 Å². The normalized spacial score (nSPS) is 10.5. The van der Waals surface area contributed by atoms with Crippen molar-refractivity contribution in [1.82, 2.24) is 4.57 Å². The summed E-state index contributed by atoms with van der Waals surface area (Å²) in [6.45, 7) is -3.09. The molecule has 0 fully saturated rings. The van der Waals surface area contributed by atoms with Gasteiger partial charge >= 0.3 is 12.6 Å². The quantitative estimate of drug-likeness (QED) is 0.694. The molecule has 24 heavy (non-hydrogen) atoms. The fraction of sp³-hybridized carbons (Fsp3) is 0.143. The Morgan fingerprint density at radius 2 is 2.08 bits per heavy atom. The van der Waals surface area contributed by atoms with Gasteiger partial charge in [-0.05, 0) is 28.1 Å². The van der Waals surface area contributed by atoms with Crippen LogP contribution < -0.4 is 10.5 Å². The summed E-state index contributed by atoms with van der Waals surface area (Å²) in [7, 11) is 1.14. The minimum Gasteiger partial charge on any atom is -0.464 e. The molecule has 0 amide bonds. The average Bonchev–Trinajstić information content (AvgIpc) is 2.81. The third kappa shape index (κ3) is 3.37. The summed E-state index contributed by atoms with van der Waals surface area (Å²) >= 11 is 6.41. The molecule has 0 saturated carbocycles. The maximum atomic E-state index is 12.7. The van der Waals surface area contributed by atoms with Crippen LogP contribution in [0.2, 0.25) is 0 Å². The van der Waals surface area contributed by atoms with Crippen molar-refractivity contribution in [1.29, 1.82) is 5.26 Å². The predicted molar refractivity (Wildman–Crippen MR) is 88.3 cm³/mol. The van der Waals surface area contributed by atoms with E-state index in [1.165, 1.54) is 16.8 Å². The molecule has 1 aromatic heterocycles. The molecular weight excluding hydrogens is 456 g/mol. The molecule has 2 N–H and O–H groups in total. The fourth-order valence-corrected chi connectivity index (χ4v) is 3.43. The Morgan fingerprint density at radius 1 is 1.42 bits per heavy atom. The van der Waals surface area contributed by atoms with Gasteiger partial charge in [-0.1, -0.05) is 15.9 Å². The number of hydrogen-bond acceptors (Lipinski definition) is 5. The van der Waals surface area contributed by atoms with Crippen LogP contribution in [0.25, 0.3) is 5.69 Å². The second-order valence-electron chi connectivity index (χ2n) is 4.39. The van der Waals surface area contributed by atoms with Crippen LogP contribution in [-0.4, -0.2) is 24.3 Å². The van der Waals surface area contributed by atoms with Gasteiger partial charge in [0.2, 0.25) is 0 Å². The predicted octanol–water partition coefficient (Wildman–Crippen LogP) is 3.84. The molecule has 10 heteroatoms. The second-order valence-corrected chi connectivity index (χ2v) is 6.16. The van der Waals surface area contributed by atoms with E-state index < -0.39 is 12.6 Å². The van der Waals surface area contributed by atoms with Crippen LogP contribution in [0.1, 0.15) is 16.1 Å². The Hall–Kier alpha value is -2.12. The number of methoxy groups -OCH3 is 1. The van der Waals surface area contributed by atoms with Crippen LogP contribution in [-0.2, 0) is 4.74 Å². The first-order valence-corrected chi connectivity index (χ1v) is 7.82. The third-order valence-electron chi connectivity index (χ3n) is 2.99. The smallest absolute Gasteiger partial charge is 0.387 e. The maximum absolute atomic E-state index is 12.7. The molecule has 126 valence electrons. The standard InChI is InChI=1S/C14H9Br2F2N3O3/c1-23-13(22)12-10(20)6(4-19)5-21(12)11-8(16)2-7(15)3-9(11)24-14(17)18/h2-3,5,14H,20H2,1H3. The molecule has 1 aromatic carbocycles. The molecule has 0 bridgehead atoms. The van der Waals surface area contributed by atoms with Gasteiger partial charge in [0, 0.05) is 15.1 Å². The van der Waals surface area contributed by atoms with Crippen molar-refractivity contribution < 1.29 is 23.0 Å². The van der Waals surface area contributed by atoms with Gasteiger partial charge in [-0.3, -0.25) is 0 Å². The van der Waals surface area contributed by atoms with Crippen molar-refractivity contribution in [2.45, 2.75) is 6.61 Å². The number of carbonyl (C=O) groups excluding carboxylic acids is 1. The zero-order valence-corrected chi connectivity index (χ0v) is 15.2. The zero-order chi connectivity index (χ0) is 18.0. The Labute approximate surface area is 152 Å². The number of rotatable bonds is 4. The van der Waals surface area contributed by atoms with Crippen LogP contribution in [0.5, 0.6) is 5.75 Å². The van der Waals surface area contributed by atoms with Crippen LogP contribution in [0.15, 0.2) is 27.3 Å². The highest BCUT2D eigenvalue weighted by atomic mass is 79.9. The third-order valence-corrected chi connectivity index (χ3v) is 4.06. The summed E-state index contributed by atoms with van der Waals surface area (Å²) < 4.78 is 36.6. The number of nitrogen functional groups attached to an aromatic ring is 1. The van der Waals surface area contributed by atoms with Gasteiger partial charge < -0.3 is 19.8 Å². The molecule has 6 nitrogen and oxygen atoms in total. The van der Waals surface area contributed by atoms with Crippen molar-refractivity contribution in [3.8, 4) is 17.5 Å². The van der Waals surface area contributed by atoms with Crippen LogP contribution in [0.4, 0.5) is 14.5 Å². The summed E-state index contributed by atoms with van der Waals surface area (Å²) in [6.07, 6.45) is 1.24. The van der Waals surface area contributed by atoms with Crippen molar-refractivity contribution in [2.75, 3.05) is 12.8 Å². The molecular formula is C14H9Br2F2N3O3. The van der Waals surface area contributed by atoms with E-state index in [2.05, 4.69) is 41.3 Å². The first-order chi connectivity index (χ1) is 11.3. The molecule has 0 aliphatic heterocycles. The van der Waals surface area contributed by atoms with Gasteiger partial charge in [-0.2, -0.15) is 14.0 Å². The molecule has 0 aliphatic rings. The fourth-order valence-electron chi connectivity index (χ4n) is 2.05. The summed E-state index contributed by atoms with van der Waals surface area (Å²) in [5, 5.41) is 9.12. The SMILES string of the molecule is COC(=O)c1c(N)c(C#N)cn1-c1c(Br)cc(Br)cc1OC(F)F. The number of anilines is 1. The summed E-state index contributed by atoms with van der Waals surface area (Å²) in [5.41, 5.74) is 5.58. The van der Waals surface area contributed by atoms with Crippen molar-refractivity contribution >= 4 is 43.5 Å². The van der Waals surface area contributed by atoms with Crippen molar-refractivity contribution in [2.24, 2.45) is 0 Å². The molecule has 0 saturated heterocycles. The lowest BCUT2D eigenvalue weighted by molar-refractivity contribution is -0.0499. The molecule has 0 aliphatic carbocycles. The summed E-state index contributed by atoms with van der Waals surface area (Å²) in [6, 6.07) is 4.70. The molecule has 1 heterocycles. The molecule has 2 aromatic rings. The summed E-state index contributed by atoms with van der Waals surface area (Å²) in [4.78, 5) is 12.0. The number of benzene rings is 1. The maximum Gasteiger partial charge on any atom is 0.387 e. The lowest BCUT2D eigenvalue weighted by atomic mass is 10.2. The lowest BCUT2D eigenvalue weighted by Crippen LogP contribution is -2.13. The van der Waals surface area contributed by atoms with Crippen molar-refractivity contribution in [3.63, 3.8) is 0 Å². The molecule has 0 spiro atoms. The number of alkyl halides is 2. The second kappa shape index (κ2) is 7.19. The lowest BCUT2D eigenvalue weighted by Gasteiger charge is -2.16. The topological polar surface area (TPSA) is 90.3 Å². The molecule has 0 atom stereocenters. The van der Waals surface area contributed by atoms with E-state index in [-0.39, 0.29) is 28.4 Å². The first kappa shape index (κ1) is 18.2. The average molecular weight is 465 g/mol. The number of esters is 1. The molecule has 0 radical (unpaired) electrons. The number of nitrogens with zero attached hydrogens (tertiary/aromatic N) is 2. The van der Waals surface area contributed by atoms with E-state index in [0.717, 1.165) is 7.11 Å². The number of ether oxygens (including phenoxy) is 2. The van der Waals surface area contributed by atoms with Gasteiger partial charge in [0.1, 0.15) is 11.8 Å². The number of hydrogen-bond donors (Lipinski definition) is 1. The summed E-state index contributed by atoms with van der Waals surface area (Å²) in [5.74, 6) is -1.05. The van der Waals surface area contributed by atoms with Gasteiger partial charge in [0.05, 0.1) is 18.4 Å². The van der Waals surface area contributed by atoms with E-state index in [4.69, 9.17) is 11.0 Å². The number of aromatic nitrogens is 1. The van der Waals surface area contributed by atoms with Crippen molar-refractivity contribution in [3.05, 3.63) is 38.5 Å². The van der Waals surface area contributed by atoms with Crippen LogP contribution in [0.3, 0.4) is 0 Å². The van der Waals surface area contributed by atoms with Gasteiger partial charge in [0.25, 0.3) is 0 Å². The molecule has 2 rings (SSSR count). The van der Waals surface area contributed by atoms with E-state index in [1.807, 2.05) is 6.07 Å². The number of nitrogens with two attached hydrogens (primary N) is 1. The largest absolute Gasteiger partial charge is 0.464 e. The Balaban J connectivity index is 2.81.